The van der Waals surface area contributed by atoms with Gasteiger partial charge in [0.1, 0.15) is 5.75 Å². The quantitative estimate of drug-likeness (QED) is 0.729. The molecule has 0 aliphatic carbocycles. The highest BCUT2D eigenvalue weighted by Crippen LogP contribution is 2.29. The Labute approximate surface area is 170 Å². The Balaban J connectivity index is 1.40. The van der Waals surface area contributed by atoms with Gasteiger partial charge in [-0.15, -0.1) is 0 Å². The van der Waals surface area contributed by atoms with Crippen LogP contribution in [-0.4, -0.2) is 58.3 Å². The first kappa shape index (κ1) is 19.0. The number of hydrogen-bond donors (Lipinski definition) is 1. The van der Waals surface area contributed by atoms with Crippen molar-refractivity contribution in [1.82, 2.24) is 9.80 Å². The summed E-state index contributed by atoms with van der Waals surface area (Å²) in [5, 5.41) is 1.83. The van der Waals surface area contributed by atoms with Gasteiger partial charge in [0.25, 0.3) is 23.0 Å². The van der Waals surface area contributed by atoms with Crippen LogP contribution in [0.25, 0.3) is 0 Å². The average Bonchev–Trinajstić information content (AvgIpc) is 3.14. The summed E-state index contributed by atoms with van der Waals surface area (Å²) in [6, 6.07) is 13.5. The van der Waals surface area contributed by atoms with Crippen LogP contribution in [0.1, 0.15) is 20.7 Å². The summed E-state index contributed by atoms with van der Waals surface area (Å²) in [6.07, 6.45) is 0. The van der Waals surface area contributed by atoms with E-state index in [1.165, 1.54) is 0 Å². The number of nitrogens with one attached hydrogen (secondary N) is 1. The van der Waals surface area contributed by atoms with E-state index in [1.807, 2.05) is 0 Å². The van der Waals surface area contributed by atoms with Crippen LogP contribution in [0.3, 0.4) is 0 Å². The molecule has 4 rings (SSSR count). The lowest BCUT2D eigenvalue weighted by Gasteiger charge is -2.19. The fourth-order valence-electron chi connectivity index (χ4n) is 3.22. The van der Waals surface area contributed by atoms with Crippen molar-refractivity contribution in [3.63, 3.8) is 0 Å². The van der Waals surface area contributed by atoms with E-state index in [1.54, 1.807) is 55.6 Å². The van der Waals surface area contributed by atoms with Gasteiger partial charge in [0.2, 0.25) is 0 Å². The maximum atomic E-state index is 12.6. The van der Waals surface area contributed by atoms with E-state index in [2.05, 4.69) is 5.32 Å². The van der Waals surface area contributed by atoms with E-state index in [4.69, 9.17) is 4.74 Å². The number of anilines is 1. The van der Waals surface area contributed by atoms with Gasteiger partial charge in [-0.2, -0.15) is 0 Å². The monoisotopic (exact) mass is 411 g/mol. The molecular weight excluding hydrogens is 394 g/mol. The lowest BCUT2D eigenvalue weighted by atomic mass is 10.1. The van der Waals surface area contributed by atoms with Crippen LogP contribution in [0.5, 0.6) is 5.75 Å². The molecule has 2 heterocycles. The number of thioether (sulfide) groups is 1. The summed E-state index contributed by atoms with van der Waals surface area (Å²) in [6.45, 7) is -0.0867. The minimum absolute atomic E-state index is 0.0420. The minimum atomic E-state index is -0.766. The summed E-state index contributed by atoms with van der Waals surface area (Å²) in [4.78, 5) is 51.9. The smallest absolute Gasteiger partial charge is 0.290 e. The Kier molecular flexibility index (Phi) is 4.98. The minimum Gasteiger partial charge on any atom is -0.497 e. The van der Waals surface area contributed by atoms with Crippen LogP contribution in [0.2, 0.25) is 0 Å². The Morgan fingerprint density at radius 2 is 1.48 bits per heavy atom. The van der Waals surface area contributed by atoms with E-state index < -0.39 is 28.3 Å². The highest BCUT2D eigenvalue weighted by molar-refractivity contribution is 8.15. The maximum Gasteiger partial charge on any atom is 0.290 e. The van der Waals surface area contributed by atoms with Crippen molar-refractivity contribution >= 4 is 40.4 Å². The Morgan fingerprint density at radius 1 is 0.897 bits per heavy atom. The fraction of sp³-hybridized carbons (Fsp3) is 0.200. The highest BCUT2D eigenvalue weighted by Gasteiger charge is 2.41. The van der Waals surface area contributed by atoms with Crippen LogP contribution in [0, 0.1) is 0 Å². The molecule has 2 aliphatic rings. The summed E-state index contributed by atoms with van der Waals surface area (Å²) >= 11 is 0.865. The molecule has 2 aliphatic heterocycles. The van der Waals surface area contributed by atoms with E-state index >= 15 is 0 Å². The zero-order chi connectivity index (χ0) is 20.5. The van der Waals surface area contributed by atoms with Gasteiger partial charge < -0.3 is 10.1 Å². The average molecular weight is 411 g/mol. The Bertz CT molecular complexity index is 972. The van der Waals surface area contributed by atoms with Crippen molar-refractivity contribution in [2.24, 2.45) is 0 Å². The number of hydrogen-bond acceptors (Lipinski definition) is 7. The van der Waals surface area contributed by atoms with Crippen LogP contribution in [-0.2, 0) is 4.79 Å². The zero-order valence-electron chi connectivity index (χ0n) is 15.5. The molecule has 148 valence electrons. The van der Waals surface area contributed by atoms with Gasteiger partial charge in [0, 0.05) is 18.8 Å². The summed E-state index contributed by atoms with van der Waals surface area (Å²) in [5.74, 6) is -0.553. The first-order valence-electron chi connectivity index (χ1n) is 8.87. The van der Waals surface area contributed by atoms with Gasteiger partial charge in [-0.05, 0) is 48.2 Å². The number of carbonyl (C=O) groups is 4. The highest BCUT2D eigenvalue weighted by atomic mass is 32.2. The molecule has 4 amide bonds. The number of ether oxygens (including phenoxy) is 1. The number of benzene rings is 2. The summed E-state index contributed by atoms with van der Waals surface area (Å²) in [5.41, 5.74) is 1.35. The van der Waals surface area contributed by atoms with Gasteiger partial charge in [0.15, 0.2) is 5.37 Å². The Hall–Kier alpha value is -3.33. The molecule has 0 saturated carbocycles. The number of imide groups is 2. The van der Waals surface area contributed by atoms with Crippen molar-refractivity contribution in [1.29, 1.82) is 0 Å². The predicted octanol–water partition coefficient (Wildman–Crippen LogP) is 2.42. The maximum absolute atomic E-state index is 12.6. The topological polar surface area (TPSA) is 96.0 Å². The molecule has 0 spiro atoms. The second-order valence-corrected chi connectivity index (χ2v) is 7.49. The van der Waals surface area contributed by atoms with Crippen LogP contribution >= 0.6 is 11.8 Å². The molecule has 1 saturated heterocycles. The van der Waals surface area contributed by atoms with Gasteiger partial charge >= 0.3 is 0 Å². The number of carbonyl (C=O) groups excluding carboxylic acids is 4. The van der Waals surface area contributed by atoms with E-state index in [0.717, 1.165) is 21.6 Å². The molecule has 1 N–H and O–H groups in total. The van der Waals surface area contributed by atoms with Gasteiger partial charge in [0.05, 0.1) is 18.2 Å². The van der Waals surface area contributed by atoms with Crippen molar-refractivity contribution < 1.29 is 23.9 Å². The van der Waals surface area contributed by atoms with Crippen molar-refractivity contribution in [3.8, 4) is 5.75 Å². The van der Waals surface area contributed by atoms with Crippen LogP contribution in [0.15, 0.2) is 48.5 Å². The number of fused-ring (bicyclic) bond motifs is 1. The predicted molar refractivity (Wildman–Crippen MR) is 107 cm³/mol. The number of rotatable bonds is 6. The third-order valence-corrected chi connectivity index (χ3v) is 5.72. The van der Waals surface area contributed by atoms with Crippen LogP contribution in [0.4, 0.5) is 10.5 Å². The second kappa shape index (κ2) is 7.59. The van der Waals surface area contributed by atoms with E-state index in [0.29, 0.717) is 22.6 Å². The van der Waals surface area contributed by atoms with Crippen molar-refractivity contribution in [2.75, 3.05) is 25.5 Å². The molecule has 1 fully saturated rings. The van der Waals surface area contributed by atoms with E-state index in [9.17, 15) is 19.2 Å². The van der Waals surface area contributed by atoms with Crippen LogP contribution < -0.4 is 10.1 Å². The van der Waals surface area contributed by atoms with E-state index in [-0.39, 0.29) is 13.1 Å². The molecule has 2 aromatic rings. The van der Waals surface area contributed by atoms with Crippen molar-refractivity contribution in [2.45, 2.75) is 5.37 Å². The molecule has 0 radical (unpaired) electrons. The third kappa shape index (κ3) is 3.44. The molecule has 29 heavy (non-hydrogen) atoms. The SMILES string of the molecule is COc1ccc(N[C@@H]2SC(=O)N(CCN3C(=O)c4ccccc4C3=O)C2=O)cc1. The molecule has 8 nitrogen and oxygen atoms in total. The van der Waals surface area contributed by atoms with Gasteiger partial charge in [-0.1, -0.05) is 12.1 Å². The first-order valence-corrected chi connectivity index (χ1v) is 9.75. The van der Waals surface area contributed by atoms with Crippen molar-refractivity contribution in [3.05, 3.63) is 59.7 Å². The molecule has 0 aromatic heterocycles. The van der Waals surface area contributed by atoms with Gasteiger partial charge in [-0.25, -0.2) is 0 Å². The fourth-order valence-corrected chi connectivity index (χ4v) is 4.15. The second-order valence-electron chi connectivity index (χ2n) is 6.43. The largest absolute Gasteiger partial charge is 0.497 e. The first-order chi connectivity index (χ1) is 14.0. The lowest BCUT2D eigenvalue weighted by Crippen LogP contribution is -2.41. The molecule has 0 bridgehead atoms. The summed E-state index contributed by atoms with van der Waals surface area (Å²) < 4.78 is 5.09. The number of amides is 4. The number of nitrogens with zero attached hydrogens (tertiary/aromatic N) is 2. The third-order valence-electron chi connectivity index (χ3n) is 4.74. The normalized spacial score (nSPS) is 18.4. The molecular formula is C20H17N3O5S. The molecule has 2 aromatic carbocycles. The molecule has 0 unspecified atom stereocenters. The standard InChI is InChI=1S/C20H17N3O5S/c1-28-13-8-6-12(7-9-13)21-16-19(26)23(20(27)29-16)11-10-22-17(24)14-4-2-3-5-15(14)18(22)25/h2-9,16,21H,10-11H2,1H3/t16-/m1/s1. The molecule has 1 atom stereocenters. The lowest BCUT2D eigenvalue weighted by molar-refractivity contribution is -0.126. The summed E-state index contributed by atoms with van der Waals surface area (Å²) in [7, 11) is 1.56. The number of methoxy groups -OCH3 is 1. The Morgan fingerprint density at radius 3 is 2.07 bits per heavy atom. The molecule has 9 heteroatoms. The van der Waals surface area contributed by atoms with Gasteiger partial charge in [-0.3, -0.25) is 29.0 Å². The zero-order valence-corrected chi connectivity index (χ0v) is 16.3.